The fraction of sp³-hybridized carbons (Fsp3) is 0.500. The number of carbonyl (C=O) groups excluding carboxylic acids is 2. The van der Waals surface area contributed by atoms with Crippen LogP contribution in [0.25, 0.3) is 0 Å². The Hall–Kier alpha value is -2.09. The molecule has 7 nitrogen and oxygen atoms in total. The summed E-state index contributed by atoms with van der Waals surface area (Å²) in [6.07, 6.45) is 0.122. The van der Waals surface area contributed by atoms with E-state index in [9.17, 15) is 14.4 Å². The predicted molar refractivity (Wildman–Crippen MR) is 99.0 cm³/mol. The standard InChI is InChI=1S/C18H23BrN2O5/c1-13-12-14(19)2-3-15(13)26-11-6-17(23)21-9-7-20(8-10-21)16(22)4-5-18(24)25/h2-3,12H,4-11H2,1H3,(H,24,25). The summed E-state index contributed by atoms with van der Waals surface area (Å²) in [6, 6.07) is 5.72. The third-order valence-corrected chi connectivity index (χ3v) is 4.74. The maximum absolute atomic E-state index is 12.3. The van der Waals surface area contributed by atoms with E-state index in [1.54, 1.807) is 9.80 Å². The molecule has 0 saturated carbocycles. The molecular formula is C18H23BrN2O5. The summed E-state index contributed by atoms with van der Waals surface area (Å²) in [5.74, 6) is -0.394. The van der Waals surface area contributed by atoms with Gasteiger partial charge in [-0.15, -0.1) is 0 Å². The van der Waals surface area contributed by atoms with E-state index in [1.165, 1.54) is 0 Å². The van der Waals surface area contributed by atoms with Crippen molar-refractivity contribution in [2.24, 2.45) is 0 Å². The quantitative estimate of drug-likeness (QED) is 0.720. The zero-order valence-electron chi connectivity index (χ0n) is 14.7. The summed E-state index contributed by atoms with van der Waals surface area (Å²) in [4.78, 5) is 38.0. The van der Waals surface area contributed by atoms with Gasteiger partial charge in [-0.05, 0) is 30.7 Å². The van der Waals surface area contributed by atoms with Crippen molar-refractivity contribution < 1.29 is 24.2 Å². The van der Waals surface area contributed by atoms with E-state index in [2.05, 4.69) is 15.9 Å². The number of hydrogen-bond donors (Lipinski definition) is 1. The lowest BCUT2D eigenvalue weighted by Crippen LogP contribution is -2.50. The Labute approximate surface area is 161 Å². The van der Waals surface area contributed by atoms with Crippen LogP contribution in [-0.2, 0) is 14.4 Å². The third kappa shape index (κ3) is 6.01. The first-order valence-electron chi connectivity index (χ1n) is 8.53. The molecule has 1 heterocycles. The highest BCUT2D eigenvalue weighted by atomic mass is 79.9. The number of hydrogen-bond acceptors (Lipinski definition) is 4. The summed E-state index contributed by atoms with van der Waals surface area (Å²) in [6.45, 7) is 4.07. The molecule has 0 aliphatic carbocycles. The molecule has 142 valence electrons. The van der Waals surface area contributed by atoms with Crippen LogP contribution in [0.3, 0.4) is 0 Å². The Kier molecular flexibility index (Phi) is 7.44. The van der Waals surface area contributed by atoms with Crippen molar-refractivity contribution in [1.82, 2.24) is 9.80 Å². The van der Waals surface area contributed by atoms with Crippen LogP contribution in [0.5, 0.6) is 5.75 Å². The van der Waals surface area contributed by atoms with Gasteiger partial charge in [0.25, 0.3) is 0 Å². The van der Waals surface area contributed by atoms with Crippen LogP contribution >= 0.6 is 15.9 Å². The predicted octanol–water partition coefficient (Wildman–Crippen LogP) is 2.06. The molecule has 1 aromatic rings. The Morgan fingerprint density at radius 2 is 1.62 bits per heavy atom. The van der Waals surface area contributed by atoms with E-state index in [-0.39, 0.29) is 31.1 Å². The molecule has 1 fully saturated rings. The van der Waals surface area contributed by atoms with Crippen molar-refractivity contribution in [3.05, 3.63) is 28.2 Å². The van der Waals surface area contributed by atoms with Crippen molar-refractivity contribution in [3.8, 4) is 5.75 Å². The lowest BCUT2D eigenvalue weighted by Gasteiger charge is -2.34. The van der Waals surface area contributed by atoms with Gasteiger partial charge >= 0.3 is 5.97 Å². The van der Waals surface area contributed by atoms with E-state index in [0.717, 1.165) is 15.8 Å². The number of carbonyl (C=O) groups is 3. The number of piperazine rings is 1. The van der Waals surface area contributed by atoms with Crippen LogP contribution in [-0.4, -0.2) is 65.5 Å². The first kappa shape index (κ1) is 20.2. The number of aliphatic carboxylic acids is 1. The summed E-state index contributed by atoms with van der Waals surface area (Å²) >= 11 is 3.40. The highest BCUT2D eigenvalue weighted by Crippen LogP contribution is 2.22. The van der Waals surface area contributed by atoms with Crippen LogP contribution in [0.4, 0.5) is 0 Å². The van der Waals surface area contributed by atoms with Crippen molar-refractivity contribution in [2.45, 2.75) is 26.2 Å². The summed E-state index contributed by atoms with van der Waals surface area (Å²) < 4.78 is 6.66. The minimum atomic E-state index is -0.979. The van der Waals surface area contributed by atoms with Gasteiger partial charge < -0.3 is 19.6 Å². The lowest BCUT2D eigenvalue weighted by atomic mass is 10.2. The highest BCUT2D eigenvalue weighted by molar-refractivity contribution is 9.10. The molecule has 1 aliphatic rings. The van der Waals surface area contributed by atoms with Crippen molar-refractivity contribution in [2.75, 3.05) is 32.8 Å². The fourth-order valence-electron chi connectivity index (χ4n) is 2.76. The topological polar surface area (TPSA) is 87.2 Å². The molecule has 0 atom stereocenters. The van der Waals surface area contributed by atoms with Gasteiger partial charge in [-0.1, -0.05) is 15.9 Å². The molecule has 1 aromatic carbocycles. The minimum Gasteiger partial charge on any atom is -0.493 e. The van der Waals surface area contributed by atoms with Crippen LogP contribution in [0.1, 0.15) is 24.8 Å². The third-order valence-electron chi connectivity index (χ3n) is 4.25. The summed E-state index contributed by atoms with van der Waals surface area (Å²) in [5, 5.41) is 8.63. The molecule has 26 heavy (non-hydrogen) atoms. The lowest BCUT2D eigenvalue weighted by molar-refractivity contribution is -0.143. The molecule has 0 radical (unpaired) electrons. The molecule has 1 saturated heterocycles. The molecule has 8 heteroatoms. The molecule has 0 unspecified atom stereocenters. The minimum absolute atomic E-state index is 0.00241. The first-order chi connectivity index (χ1) is 12.4. The average Bonchev–Trinajstić information content (AvgIpc) is 2.61. The van der Waals surface area contributed by atoms with Gasteiger partial charge in [0.1, 0.15) is 5.75 Å². The normalized spacial score (nSPS) is 14.2. The molecule has 2 amide bonds. The zero-order chi connectivity index (χ0) is 19.1. The number of carboxylic acids is 1. The van der Waals surface area contributed by atoms with Gasteiger partial charge in [-0.25, -0.2) is 0 Å². The summed E-state index contributed by atoms with van der Waals surface area (Å²) in [5.41, 5.74) is 1.00. The van der Waals surface area contributed by atoms with Gasteiger partial charge in [0.15, 0.2) is 0 Å². The van der Waals surface area contributed by atoms with E-state index in [0.29, 0.717) is 32.8 Å². The van der Waals surface area contributed by atoms with Crippen molar-refractivity contribution in [1.29, 1.82) is 0 Å². The molecule has 0 bridgehead atoms. The average molecular weight is 427 g/mol. The Bertz CT molecular complexity index is 672. The molecular weight excluding hydrogens is 404 g/mol. The number of rotatable bonds is 7. The van der Waals surface area contributed by atoms with E-state index in [4.69, 9.17) is 9.84 Å². The van der Waals surface area contributed by atoms with Crippen LogP contribution in [0.2, 0.25) is 0 Å². The number of carboxylic acid groups (broad SMARTS) is 1. The second-order valence-electron chi connectivity index (χ2n) is 6.16. The molecule has 1 N–H and O–H groups in total. The second kappa shape index (κ2) is 9.56. The van der Waals surface area contributed by atoms with Gasteiger partial charge in [-0.2, -0.15) is 0 Å². The molecule has 1 aliphatic heterocycles. The fourth-order valence-corrected chi connectivity index (χ4v) is 3.23. The van der Waals surface area contributed by atoms with Crippen LogP contribution in [0.15, 0.2) is 22.7 Å². The first-order valence-corrected chi connectivity index (χ1v) is 9.32. The Balaban J connectivity index is 1.71. The number of amides is 2. The monoisotopic (exact) mass is 426 g/mol. The molecule has 0 aromatic heterocycles. The zero-order valence-corrected chi connectivity index (χ0v) is 16.3. The van der Waals surface area contributed by atoms with E-state index >= 15 is 0 Å². The second-order valence-corrected chi connectivity index (χ2v) is 7.08. The Morgan fingerprint density at radius 3 is 2.15 bits per heavy atom. The van der Waals surface area contributed by atoms with Crippen molar-refractivity contribution >= 4 is 33.7 Å². The summed E-state index contributed by atoms with van der Waals surface area (Å²) in [7, 11) is 0. The van der Waals surface area contributed by atoms with Crippen LogP contribution in [0, 0.1) is 6.92 Å². The number of ether oxygens (including phenoxy) is 1. The number of nitrogens with zero attached hydrogens (tertiary/aromatic N) is 2. The molecule has 2 rings (SSSR count). The maximum atomic E-state index is 12.3. The van der Waals surface area contributed by atoms with E-state index < -0.39 is 5.97 Å². The van der Waals surface area contributed by atoms with E-state index in [1.807, 2.05) is 25.1 Å². The largest absolute Gasteiger partial charge is 0.493 e. The SMILES string of the molecule is Cc1cc(Br)ccc1OCCC(=O)N1CCN(C(=O)CCC(=O)O)CC1. The van der Waals surface area contributed by atoms with Gasteiger partial charge in [-0.3, -0.25) is 14.4 Å². The maximum Gasteiger partial charge on any atom is 0.303 e. The van der Waals surface area contributed by atoms with Gasteiger partial charge in [0.2, 0.25) is 11.8 Å². The van der Waals surface area contributed by atoms with Gasteiger partial charge in [0, 0.05) is 37.1 Å². The van der Waals surface area contributed by atoms with Crippen LogP contribution < -0.4 is 4.74 Å². The number of halogens is 1. The molecule has 0 spiro atoms. The Morgan fingerprint density at radius 1 is 1.04 bits per heavy atom. The van der Waals surface area contributed by atoms with Gasteiger partial charge in [0.05, 0.1) is 19.4 Å². The smallest absolute Gasteiger partial charge is 0.303 e. The number of aryl methyl sites for hydroxylation is 1. The highest BCUT2D eigenvalue weighted by Gasteiger charge is 2.24. The number of benzene rings is 1. The van der Waals surface area contributed by atoms with Crippen molar-refractivity contribution in [3.63, 3.8) is 0 Å².